The summed E-state index contributed by atoms with van der Waals surface area (Å²) in [6, 6.07) is 11.0. The Morgan fingerprint density at radius 2 is 1.70 bits per heavy atom. The van der Waals surface area contributed by atoms with Gasteiger partial charge in [-0.1, -0.05) is 24.3 Å². The standard InChI is InChI=1S/C15H13NO6S/c17-15(18)9-11-2-1-3-12(8-11)10-23(21,22)14-6-4-13(5-7-14)16(19)20/h1-8H,9-10H2,(H,17,18). The van der Waals surface area contributed by atoms with Crippen molar-refractivity contribution in [3.8, 4) is 0 Å². The Labute approximate surface area is 132 Å². The summed E-state index contributed by atoms with van der Waals surface area (Å²) in [4.78, 5) is 20.7. The van der Waals surface area contributed by atoms with Crippen LogP contribution in [0.15, 0.2) is 53.4 Å². The molecule has 23 heavy (non-hydrogen) atoms. The number of carboxylic acid groups (broad SMARTS) is 1. The molecule has 120 valence electrons. The second-order valence-corrected chi connectivity index (χ2v) is 6.89. The van der Waals surface area contributed by atoms with Gasteiger partial charge in [0, 0.05) is 12.1 Å². The number of aliphatic carboxylic acids is 1. The number of carboxylic acids is 1. The molecule has 0 aliphatic rings. The predicted octanol–water partition coefficient (Wildman–Crippen LogP) is 2.20. The summed E-state index contributed by atoms with van der Waals surface area (Å²) in [5.41, 5.74) is 0.781. The molecule has 0 aromatic heterocycles. The molecule has 2 rings (SSSR count). The van der Waals surface area contributed by atoms with Crippen LogP contribution in [0.25, 0.3) is 0 Å². The van der Waals surface area contributed by atoms with Crippen molar-refractivity contribution in [3.63, 3.8) is 0 Å². The van der Waals surface area contributed by atoms with Crippen LogP contribution >= 0.6 is 0 Å². The minimum Gasteiger partial charge on any atom is -0.481 e. The molecule has 1 N–H and O–H groups in total. The normalized spacial score (nSPS) is 11.1. The van der Waals surface area contributed by atoms with Crippen molar-refractivity contribution in [3.05, 3.63) is 69.8 Å². The molecule has 0 radical (unpaired) electrons. The molecule has 0 aliphatic carbocycles. The smallest absolute Gasteiger partial charge is 0.307 e. The highest BCUT2D eigenvalue weighted by atomic mass is 32.2. The number of sulfone groups is 1. The molecule has 0 aliphatic heterocycles. The number of nitrogens with zero attached hydrogens (tertiary/aromatic N) is 1. The van der Waals surface area contributed by atoms with Gasteiger partial charge in [-0.15, -0.1) is 0 Å². The van der Waals surface area contributed by atoms with Gasteiger partial charge in [-0.25, -0.2) is 8.42 Å². The fraction of sp³-hybridized carbons (Fsp3) is 0.133. The lowest BCUT2D eigenvalue weighted by Gasteiger charge is -2.06. The summed E-state index contributed by atoms with van der Waals surface area (Å²) >= 11 is 0. The lowest BCUT2D eigenvalue weighted by Crippen LogP contribution is -2.06. The summed E-state index contributed by atoms with van der Waals surface area (Å²) in [6.45, 7) is 0. The van der Waals surface area contributed by atoms with Crippen LogP contribution in [0.1, 0.15) is 11.1 Å². The zero-order chi connectivity index (χ0) is 17.0. The molecule has 0 heterocycles. The maximum atomic E-state index is 12.3. The predicted molar refractivity (Wildman–Crippen MR) is 81.8 cm³/mol. The van der Waals surface area contributed by atoms with Crippen LogP contribution in [0.5, 0.6) is 0 Å². The fourth-order valence-corrected chi connectivity index (χ4v) is 3.42. The van der Waals surface area contributed by atoms with E-state index in [1.807, 2.05) is 0 Å². The number of carbonyl (C=O) groups is 1. The molecule has 7 nitrogen and oxygen atoms in total. The Kier molecular flexibility index (Phi) is 4.75. The molecular formula is C15H13NO6S. The van der Waals surface area contributed by atoms with Crippen LogP contribution in [-0.4, -0.2) is 24.4 Å². The summed E-state index contributed by atoms with van der Waals surface area (Å²) in [5.74, 6) is -1.31. The summed E-state index contributed by atoms with van der Waals surface area (Å²) in [5, 5.41) is 19.4. The lowest BCUT2D eigenvalue weighted by atomic mass is 10.1. The van der Waals surface area contributed by atoms with E-state index >= 15 is 0 Å². The molecular weight excluding hydrogens is 322 g/mol. The van der Waals surface area contributed by atoms with Gasteiger partial charge in [-0.3, -0.25) is 14.9 Å². The topological polar surface area (TPSA) is 115 Å². The number of nitro benzene ring substituents is 1. The highest BCUT2D eigenvalue weighted by molar-refractivity contribution is 7.90. The van der Waals surface area contributed by atoms with Gasteiger partial charge in [-0.05, 0) is 23.3 Å². The molecule has 0 bridgehead atoms. The lowest BCUT2D eigenvalue weighted by molar-refractivity contribution is -0.384. The van der Waals surface area contributed by atoms with Crippen LogP contribution < -0.4 is 0 Å². The Morgan fingerprint density at radius 1 is 1.09 bits per heavy atom. The van der Waals surface area contributed by atoms with E-state index in [9.17, 15) is 23.3 Å². The third-order valence-corrected chi connectivity index (χ3v) is 4.81. The SMILES string of the molecule is O=C(O)Cc1cccc(CS(=O)(=O)c2ccc([N+](=O)[O-])cc2)c1. The van der Waals surface area contributed by atoms with Crippen LogP contribution in [0.2, 0.25) is 0 Å². The van der Waals surface area contributed by atoms with Crippen LogP contribution in [0.3, 0.4) is 0 Å². The molecule has 2 aromatic rings. The Balaban J connectivity index is 2.24. The van der Waals surface area contributed by atoms with Gasteiger partial charge in [0.25, 0.3) is 5.69 Å². The highest BCUT2D eigenvalue weighted by Crippen LogP contribution is 2.20. The average molecular weight is 335 g/mol. The fourth-order valence-electron chi connectivity index (χ4n) is 2.08. The Bertz CT molecular complexity index is 843. The van der Waals surface area contributed by atoms with Gasteiger partial charge in [0.05, 0.1) is 22.0 Å². The second-order valence-electron chi connectivity index (χ2n) is 4.90. The van der Waals surface area contributed by atoms with E-state index in [1.165, 1.54) is 18.2 Å². The molecule has 0 saturated carbocycles. The van der Waals surface area contributed by atoms with E-state index in [0.29, 0.717) is 11.1 Å². The minimum atomic E-state index is -3.67. The van der Waals surface area contributed by atoms with Gasteiger partial charge >= 0.3 is 5.97 Å². The first-order valence-corrected chi connectivity index (χ1v) is 8.20. The third kappa shape index (κ3) is 4.36. The second kappa shape index (κ2) is 6.57. The minimum absolute atomic E-state index is 0.0215. The summed E-state index contributed by atoms with van der Waals surface area (Å²) in [6.07, 6.45) is -0.189. The molecule has 0 unspecified atom stereocenters. The van der Waals surface area contributed by atoms with Crippen LogP contribution in [-0.2, 0) is 26.8 Å². The molecule has 8 heteroatoms. The van der Waals surface area contributed by atoms with E-state index in [0.717, 1.165) is 12.1 Å². The monoisotopic (exact) mass is 335 g/mol. The zero-order valence-electron chi connectivity index (χ0n) is 11.9. The van der Waals surface area contributed by atoms with Crippen LogP contribution in [0, 0.1) is 10.1 Å². The number of hydrogen-bond donors (Lipinski definition) is 1. The van der Waals surface area contributed by atoms with Gasteiger partial charge < -0.3 is 5.11 Å². The zero-order valence-corrected chi connectivity index (χ0v) is 12.7. The van der Waals surface area contributed by atoms with E-state index < -0.39 is 20.7 Å². The molecule has 2 aromatic carbocycles. The molecule has 0 atom stereocenters. The van der Waals surface area contributed by atoms with E-state index in [-0.39, 0.29) is 22.8 Å². The maximum Gasteiger partial charge on any atom is 0.307 e. The molecule has 0 spiro atoms. The first kappa shape index (κ1) is 16.6. The molecule has 0 fully saturated rings. The van der Waals surface area contributed by atoms with Gasteiger partial charge in [0.1, 0.15) is 0 Å². The highest BCUT2D eigenvalue weighted by Gasteiger charge is 2.17. The van der Waals surface area contributed by atoms with Crippen molar-refractivity contribution >= 4 is 21.5 Å². The van der Waals surface area contributed by atoms with E-state index in [2.05, 4.69) is 0 Å². The molecule has 0 amide bonds. The van der Waals surface area contributed by atoms with Crippen molar-refractivity contribution in [2.75, 3.05) is 0 Å². The Morgan fingerprint density at radius 3 is 2.26 bits per heavy atom. The van der Waals surface area contributed by atoms with Crippen molar-refractivity contribution < 1.29 is 23.2 Å². The number of benzene rings is 2. The van der Waals surface area contributed by atoms with Crippen molar-refractivity contribution in [1.29, 1.82) is 0 Å². The van der Waals surface area contributed by atoms with Gasteiger partial charge in [-0.2, -0.15) is 0 Å². The van der Waals surface area contributed by atoms with Crippen molar-refractivity contribution in [2.45, 2.75) is 17.1 Å². The van der Waals surface area contributed by atoms with Gasteiger partial charge in [0.2, 0.25) is 0 Å². The number of non-ortho nitro benzene ring substituents is 1. The third-order valence-electron chi connectivity index (χ3n) is 3.11. The van der Waals surface area contributed by atoms with Crippen LogP contribution in [0.4, 0.5) is 5.69 Å². The number of nitro groups is 1. The summed E-state index contributed by atoms with van der Waals surface area (Å²) < 4.78 is 24.7. The number of rotatable bonds is 6. The molecule has 0 saturated heterocycles. The maximum absolute atomic E-state index is 12.3. The van der Waals surface area contributed by atoms with Crippen molar-refractivity contribution in [2.24, 2.45) is 0 Å². The van der Waals surface area contributed by atoms with Crippen molar-refractivity contribution in [1.82, 2.24) is 0 Å². The quantitative estimate of drug-likeness (QED) is 0.639. The van der Waals surface area contributed by atoms with Gasteiger partial charge in [0.15, 0.2) is 9.84 Å². The van der Waals surface area contributed by atoms with E-state index in [1.54, 1.807) is 18.2 Å². The average Bonchev–Trinajstić information content (AvgIpc) is 2.46. The number of hydrogen-bond acceptors (Lipinski definition) is 5. The summed E-state index contributed by atoms with van der Waals surface area (Å²) in [7, 11) is -3.67. The van der Waals surface area contributed by atoms with E-state index in [4.69, 9.17) is 5.11 Å². The first-order valence-electron chi connectivity index (χ1n) is 6.55. The first-order chi connectivity index (χ1) is 10.8. The Hall–Kier alpha value is -2.74. The largest absolute Gasteiger partial charge is 0.481 e.